The van der Waals surface area contributed by atoms with Crippen LogP contribution in [0, 0.1) is 0 Å². The molecule has 0 atom stereocenters. The van der Waals surface area contributed by atoms with E-state index >= 15 is 0 Å². The number of thiophene rings is 1. The zero-order chi connectivity index (χ0) is 14.7. The molecule has 2 nitrogen and oxygen atoms in total. The molecule has 108 valence electrons. The van der Waals surface area contributed by atoms with E-state index in [0.717, 1.165) is 24.3 Å². The molecule has 0 radical (unpaired) electrons. The van der Waals surface area contributed by atoms with Crippen molar-refractivity contribution in [1.29, 1.82) is 0 Å². The Balaban J connectivity index is 1.64. The van der Waals surface area contributed by atoms with Gasteiger partial charge in [0, 0.05) is 28.8 Å². The van der Waals surface area contributed by atoms with E-state index in [9.17, 15) is 0 Å². The fraction of sp³-hybridized carbons (Fsp3) is 0.278. The van der Waals surface area contributed by atoms with Gasteiger partial charge in [0.05, 0.1) is 11.2 Å². The van der Waals surface area contributed by atoms with Crippen molar-refractivity contribution in [2.45, 2.75) is 25.8 Å². The minimum atomic E-state index is 0.158. The molecule has 0 spiro atoms. The van der Waals surface area contributed by atoms with Gasteiger partial charge in [-0.15, -0.1) is 11.3 Å². The van der Waals surface area contributed by atoms with Gasteiger partial charge >= 0.3 is 0 Å². The summed E-state index contributed by atoms with van der Waals surface area (Å²) in [6, 6.07) is 16.8. The molecule has 0 aliphatic rings. The summed E-state index contributed by atoms with van der Waals surface area (Å²) in [5.41, 5.74) is 2.32. The molecule has 0 amide bonds. The minimum Gasteiger partial charge on any atom is -0.310 e. The molecule has 3 rings (SSSR count). The van der Waals surface area contributed by atoms with E-state index in [0.29, 0.717) is 0 Å². The van der Waals surface area contributed by atoms with Gasteiger partial charge in [0.2, 0.25) is 0 Å². The van der Waals surface area contributed by atoms with Gasteiger partial charge in [0.1, 0.15) is 0 Å². The molecule has 0 aliphatic heterocycles. The van der Waals surface area contributed by atoms with Crippen molar-refractivity contribution in [1.82, 2.24) is 10.3 Å². The topological polar surface area (TPSA) is 24.9 Å². The van der Waals surface area contributed by atoms with Crippen molar-refractivity contribution in [3.05, 3.63) is 64.5 Å². The van der Waals surface area contributed by atoms with Crippen LogP contribution in [0.5, 0.6) is 0 Å². The second-order valence-corrected chi connectivity index (χ2v) is 6.91. The fourth-order valence-electron chi connectivity index (χ4n) is 2.46. The Morgan fingerprint density at radius 2 is 1.90 bits per heavy atom. The number of hydrogen-bond donors (Lipinski definition) is 1. The van der Waals surface area contributed by atoms with Crippen LogP contribution in [0.2, 0.25) is 0 Å². The lowest BCUT2D eigenvalue weighted by Gasteiger charge is -2.23. The average molecular weight is 296 g/mol. The third kappa shape index (κ3) is 3.31. The molecule has 1 aromatic carbocycles. The first kappa shape index (κ1) is 14.2. The van der Waals surface area contributed by atoms with Gasteiger partial charge in [0.15, 0.2) is 0 Å². The number of benzene rings is 1. The number of nitrogens with zero attached hydrogens (tertiary/aromatic N) is 1. The number of nitrogens with one attached hydrogen (secondary N) is 1. The number of pyridine rings is 1. The second-order valence-electron chi connectivity index (χ2n) is 5.96. The van der Waals surface area contributed by atoms with Gasteiger partial charge in [-0.1, -0.05) is 44.2 Å². The third-order valence-electron chi connectivity index (χ3n) is 3.72. The molecule has 21 heavy (non-hydrogen) atoms. The number of hydrogen-bond acceptors (Lipinski definition) is 3. The van der Waals surface area contributed by atoms with Crippen LogP contribution in [0.3, 0.4) is 0 Å². The van der Waals surface area contributed by atoms with Crippen molar-refractivity contribution in [2.24, 2.45) is 0 Å². The van der Waals surface area contributed by atoms with Crippen LogP contribution >= 0.6 is 11.3 Å². The van der Waals surface area contributed by atoms with Crippen molar-refractivity contribution >= 4 is 22.2 Å². The highest BCUT2D eigenvalue weighted by Crippen LogP contribution is 2.26. The molecule has 0 saturated heterocycles. The molecular weight excluding hydrogens is 276 g/mol. The Labute approximate surface area is 129 Å². The zero-order valence-corrected chi connectivity index (χ0v) is 13.3. The minimum absolute atomic E-state index is 0.158. The van der Waals surface area contributed by atoms with Crippen LogP contribution in [0.4, 0.5) is 0 Å². The van der Waals surface area contributed by atoms with Crippen LogP contribution < -0.4 is 5.32 Å². The largest absolute Gasteiger partial charge is 0.310 e. The molecule has 0 aliphatic carbocycles. The maximum Gasteiger partial charge on any atom is 0.0705 e. The normalized spacial score (nSPS) is 11.9. The molecule has 0 unspecified atom stereocenters. The first-order chi connectivity index (χ1) is 10.1. The predicted molar refractivity (Wildman–Crippen MR) is 90.8 cm³/mol. The fourth-order valence-corrected chi connectivity index (χ4v) is 3.31. The highest BCUT2D eigenvalue weighted by Gasteiger charge is 2.20. The zero-order valence-electron chi connectivity index (χ0n) is 12.5. The molecule has 3 heteroatoms. The highest BCUT2D eigenvalue weighted by molar-refractivity contribution is 7.10. The van der Waals surface area contributed by atoms with E-state index in [1.165, 1.54) is 10.3 Å². The summed E-state index contributed by atoms with van der Waals surface area (Å²) in [5.74, 6) is 0. The summed E-state index contributed by atoms with van der Waals surface area (Å²) < 4.78 is 0. The summed E-state index contributed by atoms with van der Waals surface area (Å²) >= 11 is 1.82. The summed E-state index contributed by atoms with van der Waals surface area (Å²) in [4.78, 5) is 6.12. The van der Waals surface area contributed by atoms with Crippen LogP contribution in [-0.4, -0.2) is 11.5 Å². The lowest BCUT2D eigenvalue weighted by molar-refractivity contribution is 0.475. The van der Waals surface area contributed by atoms with Crippen molar-refractivity contribution in [3.8, 4) is 0 Å². The maximum atomic E-state index is 4.70. The van der Waals surface area contributed by atoms with E-state index in [1.54, 1.807) is 0 Å². The van der Waals surface area contributed by atoms with Gasteiger partial charge < -0.3 is 5.32 Å². The number of aromatic nitrogens is 1. The standard InChI is InChI=1S/C18H20N2S/c1-18(2,17-8-5-11-21-17)13-19-12-15-10-9-14-6-3-4-7-16(14)20-15/h3-11,19H,12-13H2,1-2H3. The third-order valence-corrected chi connectivity index (χ3v) is 4.95. The van der Waals surface area contributed by atoms with E-state index in [-0.39, 0.29) is 5.41 Å². The smallest absolute Gasteiger partial charge is 0.0705 e. The Kier molecular flexibility index (Phi) is 4.04. The quantitative estimate of drug-likeness (QED) is 0.756. The van der Waals surface area contributed by atoms with Crippen molar-refractivity contribution < 1.29 is 0 Å². The molecule has 2 heterocycles. The number of para-hydroxylation sites is 1. The van der Waals surface area contributed by atoms with Crippen LogP contribution in [0.25, 0.3) is 10.9 Å². The van der Waals surface area contributed by atoms with Gasteiger partial charge in [-0.05, 0) is 23.6 Å². The molecule has 2 aromatic heterocycles. The van der Waals surface area contributed by atoms with E-state index < -0.39 is 0 Å². The SMILES string of the molecule is CC(C)(CNCc1ccc2ccccc2n1)c1cccs1. The van der Waals surface area contributed by atoms with E-state index in [4.69, 9.17) is 4.98 Å². The van der Waals surface area contributed by atoms with Crippen LogP contribution in [-0.2, 0) is 12.0 Å². The molecule has 1 N–H and O–H groups in total. The second kappa shape index (κ2) is 5.96. The van der Waals surface area contributed by atoms with E-state index in [1.807, 2.05) is 23.5 Å². The molecular formula is C18H20N2S. The lowest BCUT2D eigenvalue weighted by atomic mass is 9.91. The van der Waals surface area contributed by atoms with Crippen LogP contribution in [0.15, 0.2) is 53.9 Å². The number of fused-ring (bicyclic) bond motifs is 1. The molecule has 0 fully saturated rings. The average Bonchev–Trinajstić information content (AvgIpc) is 3.02. The molecule has 3 aromatic rings. The Bertz CT molecular complexity index is 717. The highest BCUT2D eigenvalue weighted by atomic mass is 32.1. The monoisotopic (exact) mass is 296 g/mol. The summed E-state index contributed by atoms with van der Waals surface area (Å²) in [7, 11) is 0. The number of rotatable bonds is 5. The molecule has 0 saturated carbocycles. The Morgan fingerprint density at radius 3 is 2.71 bits per heavy atom. The van der Waals surface area contributed by atoms with Gasteiger partial charge in [-0.25, -0.2) is 0 Å². The van der Waals surface area contributed by atoms with Crippen molar-refractivity contribution in [3.63, 3.8) is 0 Å². The van der Waals surface area contributed by atoms with Gasteiger partial charge in [-0.3, -0.25) is 4.98 Å². The molecule has 0 bridgehead atoms. The van der Waals surface area contributed by atoms with Gasteiger partial charge in [-0.2, -0.15) is 0 Å². The van der Waals surface area contributed by atoms with Gasteiger partial charge in [0.25, 0.3) is 0 Å². The Hall–Kier alpha value is -1.71. The summed E-state index contributed by atoms with van der Waals surface area (Å²) in [5, 5.41) is 6.87. The first-order valence-electron chi connectivity index (χ1n) is 7.24. The van der Waals surface area contributed by atoms with Crippen molar-refractivity contribution in [2.75, 3.05) is 6.54 Å². The Morgan fingerprint density at radius 1 is 1.05 bits per heavy atom. The van der Waals surface area contributed by atoms with E-state index in [2.05, 4.69) is 60.9 Å². The predicted octanol–water partition coefficient (Wildman–Crippen LogP) is 4.36. The van der Waals surface area contributed by atoms with Crippen LogP contribution in [0.1, 0.15) is 24.4 Å². The first-order valence-corrected chi connectivity index (χ1v) is 8.12. The lowest BCUT2D eigenvalue weighted by Crippen LogP contribution is -2.32. The summed E-state index contributed by atoms with van der Waals surface area (Å²) in [6.07, 6.45) is 0. The summed E-state index contributed by atoms with van der Waals surface area (Å²) in [6.45, 7) is 6.31. The maximum absolute atomic E-state index is 4.70.